The van der Waals surface area contributed by atoms with Crippen molar-refractivity contribution in [1.82, 2.24) is 9.97 Å². The molecule has 0 saturated heterocycles. The summed E-state index contributed by atoms with van der Waals surface area (Å²) in [4.78, 5) is 36.3. The maximum absolute atomic E-state index is 13.4. The third kappa shape index (κ3) is 3.85. The molecule has 196 valence electrons. The van der Waals surface area contributed by atoms with Gasteiger partial charge in [-0.2, -0.15) is 0 Å². The number of aromatic nitrogens is 2. The molecule has 2 aliphatic carbocycles. The summed E-state index contributed by atoms with van der Waals surface area (Å²) in [7, 11) is 0. The maximum atomic E-state index is 13.4. The number of carbonyl (C=O) groups excluding carboxylic acids is 2. The largest absolute Gasteiger partial charge is 0.466 e. The Kier molecular flexibility index (Phi) is 6.26. The van der Waals surface area contributed by atoms with E-state index in [2.05, 4.69) is 36.4 Å². The molecule has 0 N–H and O–H groups in total. The molecule has 2 atom stereocenters. The highest BCUT2D eigenvalue weighted by atomic mass is 16.5. The lowest BCUT2D eigenvalue weighted by atomic mass is 9.60. The lowest BCUT2D eigenvalue weighted by Crippen LogP contribution is -2.41. The van der Waals surface area contributed by atoms with Crippen LogP contribution in [0.1, 0.15) is 55.4 Å². The van der Waals surface area contributed by atoms with Crippen LogP contribution in [0.5, 0.6) is 0 Å². The zero-order chi connectivity index (χ0) is 27.0. The molecular weight excluding hydrogens is 488 g/mol. The molecule has 0 fully saturated rings. The van der Waals surface area contributed by atoms with Crippen molar-refractivity contribution in [3.05, 3.63) is 107 Å². The number of benzene rings is 2. The van der Waals surface area contributed by atoms with Gasteiger partial charge in [-0.3, -0.25) is 19.6 Å². The second-order valence-corrected chi connectivity index (χ2v) is 10.2. The summed E-state index contributed by atoms with van der Waals surface area (Å²) in [5, 5.41) is 0. The fraction of sp³-hybridized carbons (Fsp3) is 0.273. The topological polar surface area (TPSA) is 78.4 Å². The number of carbonyl (C=O) groups is 2. The van der Waals surface area contributed by atoms with Crippen LogP contribution in [0.4, 0.5) is 0 Å². The fourth-order valence-corrected chi connectivity index (χ4v) is 6.83. The minimum absolute atomic E-state index is 0.124. The van der Waals surface area contributed by atoms with Crippen molar-refractivity contribution in [3.8, 4) is 22.5 Å². The molecule has 2 heterocycles. The Hall–Kier alpha value is -4.32. The monoisotopic (exact) mass is 518 g/mol. The van der Waals surface area contributed by atoms with E-state index < -0.39 is 10.8 Å². The van der Waals surface area contributed by atoms with Gasteiger partial charge >= 0.3 is 11.9 Å². The minimum Gasteiger partial charge on any atom is -0.466 e. The number of ether oxygens (including phenoxy) is 2. The number of esters is 2. The average Bonchev–Trinajstić information content (AvgIpc) is 3.37. The lowest BCUT2D eigenvalue weighted by Gasteiger charge is -2.41. The Morgan fingerprint density at radius 3 is 1.46 bits per heavy atom. The van der Waals surface area contributed by atoms with Gasteiger partial charge in [0.2, 0.25) is 0 Å². The molecule has 6 nitrogen and oxygen atoms in total. The number of pyridine rings is 2. The van der Waals surface area contributed by atoms with Gasteiger partial charge < -0.3 is 9.47 Å². The van der Waals surface area contributed by atoms with Crippen molar-refractivity contribution >= 4 is 11.9 Å². The number of nitrogens with zero attached hydrogens (tertiary/aromatic N) is 2. The molecule has 0 aliphatic heterocycles. The van der Waals surface area contributed by atoms with Crippen molar-refractivity contribution in [2.24, 2.45) is 0 Å². The Bertz CT molecular complexity index is 1370. The standard InChI is InChI=1S/C33H30N2O4/c1-3-38-28(36)19-32(24-13-7-5-11-22(24)30-26(32)15-9-17-34-30)21-33(20-29(37)39-4-2)25-14-8-6-12-23(25)31-27(33)16-10-18-35-31/h5-18H,3-4,19-21H2,1-2H3. The summed E-state index contributed by atoms with van der Waals surface area (Å²) in [6.45, 7) is 4.22. The van der Waals surface area contributed by atoms with E-state index in [0.717, 1.165) is 44.8 Å². The van der Waals surface area contributed by atoms with Gasteiger partial charge in [-0.25, -0.2) is 0 Å². The molecule has 2 unspecified atom stereocenters. The van der Waals surface area contributed by atoms with Crippen LogP contribution in [-0.2, 0) is 29.9 Å². The molecule has 0 radical (unpaired) electrons. The third-order valence-electron chi connectivity index (χ3n) is 8.15. The number of rotatable bonds is 8. The van der Waals surface area contributed by atoms with Crippen LogP contribution in [0.2, 0.25) is 0 Å². The molecular formula is C33H30N2O4. The van der Waals surface area contributed by atoms with Crippen LogP contribution in [-0.4, -0.2) is 35.1 Å². The average molecular weight is 519 g/mol. The fourth-order valence-electron chi connectivity index (χ4n) is 6.83. The first-order chi connectivity index (χ1) is 19.0. The molecule has 39 heavy (non-hydrogen) atoms. The van der Waals surface area contributed by atoms with Crippen molar-refractivity contribution < 1.29 is 19.1 Å². The van der Waals surface area contributed by atoms with Crippen LogP contribution in [0.25, 0.3) is 22.5 Å². The summed E-state index contributed by atoms with van der Waals surface area (Å²) in [6.07, 6.45) is 4.27. The van der Waals surface area contributed by atoms with Crippen LogP contribution in [0, 0.1) is 0 Å². The summed E-state index contributed by atoms with van der Waals surface area (Å²) < 4.78 is 11.1. The molecule has 6 heteroatoms. The molecule has 0 amide bonds. The molecule has 2 aromatic carbocycles. The van der Waals surface area contributed by atoms with Gasteiger partial charge in [-0.15, -0.1) is 0 Å². The highest BCUT2D eigenvalue weighted by Gasteiger charge is 2.55. The SMILES string of the molecule is CCOC(=O)CC1(CC2(CC(=O)OCC)c3ccccc3-c3ncccc32)c2ccccc2-c2ncccc21. The first kappa shape index (κ1) is 25.0. The van der Waals surface area contributed by atoms with Gasteiger partial charge in [0.15, 0.2) is 0 Å². The van der Waals surface area contributed by atoms with E-state index in [1.807, 2.05) is 50.2 Å². The van der Waals surface area contributed by atoms with Crippen LogP contribution < -0.4 is 0 Å². The second-order valence-electron chi connectivity index (χ2n) is 10.2. The highest BCUT2D eigenvalue weighted by molar-refractivity contribution is 5.86. The normalized spacial score (nSPS) is 19.9. The van der Waals surface area contributed by atoms with Gasteiger partial charge in [0, 0.05) is 34.4 Å². The first-order valence-corrected chi connectivity index (χ1v) is 13.5. The number of fused-ring (bicyclic) bond motifs is 6. The van der Waals surface area contributed by atoms with Crippen molar-refractivity contribution in [2.75, 3.05) is 13.2 Å². The van der Waals surface area contributed by atoms with Gasteiger partial charge in [-0.1, -0.05) is 60.7 Å². The first-order valence-electron chi connectivity index (χ1n) is 13.5. The number of hydrogen-bond acceptors (Lipinski definition) is 6. The predicted molar refractivity (Wildman–Crippen MR) is 148 cm³/mol. The summed E-state index contributed by atoms with van der Waals surface area (Å²) >= 11 is 0. The molecule has 6 rings (SSSR count). The van der Waals surface area contributed by atoms with Gasteiger partial charge in [0.25, 0.3) is 0 Å². The lowest BCUT2D eigenvalue weighted by molar-refractivity contribution is -0.144. The Morgan fingerprint density at radius 2 is 1.03 bits per heavy atom. The quantitative estimate of drug-likeness (QED) is 0.266. The summed E-state index contributed by atoms with van der Waals surface area (Å²) in [6, 6.07) is 24.2. The summed E-state index contributed by atoms with van der Waals surface area (Å²) in [5.41, 5.74) is 6.13. The van der Waals surface area contributed by atoms with E-state index in [1.165, 1.54) is 0 Å². The van der Waals surface area contributed by atoms with E-state index >= 15 is 0 Å². The summed E-state index contributed by atoms with van der Waals surface area (Å²) in [5.74, 6) is -0.569. The van der Waals surface area contributed by atoms with Gasteiger partial charge in [0.05, 0.1) is 37.4 Å². The number of hydrogen-bond donors (Lipinski definition) is 0. The van der Waals surface area contributed by atoms with E-state index in [4.69, 9.17) is 19.4 Å². The zero-order valence-corrected chi connectivity index (χ0v) is 22.1. The maximum Gasteiger partial charge on any atom is 0.307 e. The predicted octanol–water partition coefficient (Wildman–Crippen LogP) is 6.01. The van der Waals surface area contributed by atoms with Crippen molar-refractivity contribution in [1.29, 1.82) is 0 Å². The van der Waals surface area contributed by atoms with Crippen molar-refractivity contribution in [2.45, 2.75) is 43.9 Å². The smallest absolute Gasteiger partial charge is 0.307 e. The Labute approximate surface area is 228 Å². The van der Waals surface area contributed by atoms with E-state index in [-0.39, 0.29) is 24.8 Å². The molecule has 0 saturated carbocycles. The molecule has 2 aliphatic rings. The van der Waals surface area contributed by atoms with E-state index in [0.29, 0.717) is 19.6 Å². The third-order valence-corrected chi connectivity index (χ3v) is 8.15. The molecule has 4 aromatic rings. The Balaban J connectivity index is 1.64. The van der Waals surface area contributed by atoms with E-state index in [9.17, 15) is 9.59 Å². The zero-order valence-electron chi connectivity index (χ0n) is 22.1. The van der Waals surface area contributed by atoms with Crippen LogP contribution >= 0.6 is 0 Å². The van der Waals surface area contributed by atoms with E-state index in [1.54, 1.807) is 12.4 Å². The molecule has 2 aromatic heterocycles. The second kappa shape index (κ2) is 9.77. The van der Waals surface area contributed by atoms with Gasteiger partial charge in [0.1, 0.15) is 0 Å². The van der Waals surface area contributed by atoms with Gasteiger partial charge in [-0.05, 0) is 54.7 Å². The van der Waals surface area contributed by atoms with Crippen molar-refractivity contribution in [3.63, 3.8) is 0 Å². The Morgan fingerprint density at radius 1 is 0.615 bits per heavy atom. The van der Waals surface area contributed by atoms with Crippen LogP contribution in [0.15, 0.2) is 85.2 Å². The minimum atomic E-state index is -0.788. The highest BCUT2D eigenvalue weighted by Crippen LogP contribution is 2.61. The van der Waals surface area contributed by atoms with Crippen LogP contribution in [0.3, 0.4) is 0 Å². The molecule has 0 bridgehead atoms. The molecule has 0 spiro atoms.